The second-order valence-corrected chi connectivity index (χ2v) is 5.00. The molecule has 6 N–H and O–H groups in total. The van der Waals surface area contributed by atoms with Gasteiger partial charge >= 0.3 is 0 Å². The number of aliphatic hydroxyl groups excluding tert-OH is 4. The third-order valence-corrected chi connectivity index (χ3v) is 3.39. The Hall–Kier alpha value is -1.51. The summed E-state index contributed by atoms with van der Waals surface area (Å²) in [6.45, 7) is -0.491. The van der Waals surface area contributed by atoms with Crippen molar-refractivity contribution in [1.82, 2.24) is 0 Å². The van der Waals surface area contributed by atoms with Gasteiger partial charge in [0.1, 0.15) is 30.3 Å². The Morgan fingerprint density at radius 1 is 1.10 bits per heavy atom. The van der Waals surface area contributed by atoms with Crippen molar-refractivity contribution in [3.8, 4) is 0 Å². The number of aliphatic hydroxyl groups is 4. The third-order valence-electron chi connectivity index (χ3n) is 3.39. The summed E-state index contributed by atoms with van der Waals surface area (Å²) < 4.78 is 5.26. The Labute approximate surface area is 122 Å². The summed E-state index contributed by atoms with van der Waals surface area (Å²) in [5, 5.41) is 38.3. The van der Waals surface area contributed by atoms with Crippen molar-refractivity contribution in [1.29, 1.82) is 0 Å². The van der Waals surface area contributed by atoms with Crippen molar-refractivity contribution in [3.63, 3.8) is 0 Å². The minimum absolute atomic E-state index is 0.227. The molecule has 116 valence electrons. The molecule has 1 heterocycles. The fourth-order valence-corrected chi connectivity index (χ4v) is 2.20. The van der Waals surface area contributed by atoms with Crippen molar-refractivity contribution >= 4 is 5.84 Å². The van der Waals surface area contributed by atoms with E-state index in [9.17, 15) is 15.3 Å². The molecule has 1 fully saturated rings. The molecular formula is C14H20N2O5. The van der Waals surface area contributed by atoms with Crippen molar-refractivity contribution in [3.05, 3.63) is 35.9 Å². The van der Waals surface area contributed by atoms with Crippen LogP contribution in [0.1, 0.15) is 5.56 Å². The van der Waals surface area contributed by atoms with E-state index in [1.54, 1.807) is 0 Å². The second-order valence-electron chi connectivity index (χ2n) is 5.00. The van der Waals surface area contributed by atoms with Crippen LogP contribution in [0.25, 0.3) is 0 Å². The minimum atomic E-state index is -1.45. The van der Waals surface area contributed by atoms with Gasteiger partial charge in [-0.25, -0.2) is 4.99 Å². The van der Waals surface area contributed by atoms with E-state index >= 15 is 0 Å². The Morgan fingerprint density at radius 3 is 2.38 bits per heavy atom. The maximum absolute atomic E-state index is 9.86. The molecule has 0 bridgehead atoms. The molecule has 0 aromatic heterocycles. The molecule has 7 nitrogen and oxygen atoms in total. The lowest BCUT2D eigenvalue weighted by molar-refractivity contribution is -0.226. The van der Waals surface area contributed by atoms with E-state index in [0.717, 1.165) is 5.56 Å². The zero-order valence-electron chi connectivity index (χ0n) is 11.4. The van der Waals surface area contributed by atoms with E-state index in [1.807, 2.05) is 30.3 Å². The van der Waals surface area contributed by atoms with E-state index in [0.29, 0.717) is 6.42 Å². The first-order chi connectivity index (χ1) is 10.0. The number of nitrogens with two attached hydrogens (primary N) is 1. The number of benzene rings is 1. The fraction of sp³-hybridized carbons (Fsp3) is 0.500. The Bertz CT molecular complexity index is 480. The van der Waals surface area contributed by atoms with Crippen LogP contribution in [0.5, 0.6) is 0 Å². The highest BCUT2D eigenvalue weighted by molar-refractivity contribution is 5.82. The highest BCUT2D eigenvalue weighted by Gasteiger charge is 2.43. The van der Waals surface area contributed by atoms with Gasteiger partial charge in [0.2, 0.25) is 0 Å². The molecule has 7 heteroatoms. The number of aliphatic imine (C=N–C) groups is 1. The standard InChI is InChI=1S/C14H20N2O5/c15-10(6-8-4-2-1-3-5-8)16-14-13(20)12(19)11(18)9(7-17)21-14/h1-5,9,11-14,17-20H,6-7H2,(H2,15,16). The summed E-state index contributed by atoms with van der Waals surface area (Å²) in [7, 11) is 0. The van der Waals surface area contributed by atoms with E-state index in [2.05, 4.69) is 4.99 Å². The Kier molecular flexibility index (Phi) is 5.27. The highest BCUT2D eigenvalue weighted by atomic mass is 16.6. The van der Waals surface area contributed by atoms with Gasteiger partial charge in [-0.3, -0.25) is 0 Å². The van der Waals surface area contributed by atoms with Gasteiger partial charge in [-0.15, -0.1) is 0 Å². The van der Waals surface area contributed by atoms with E-state index in [-0.39, 0.29) is 5.84 Å². The van der Waals surface area contributed by atoms with Gasteiger partial charge in [0.25, 0.3) is 0 Å². The lowest BCUT2D eigenvalue weighted by Crippen LogP contribution is -2.58. The maximum atomic E-state index is 9.86. The smallest absolute Gasteiger partial charge is 0.179 e. The van der Waals surface area contributed by atoms with Crippen LogP contribution in [-0.2, 0) is 11.2 Å². The van der Waals surface area contributed by atoms with Crippen LogP contribution in [0.3, 0.4) is 0 Å². The number of hydrogen-bond acceptors (Lipinski definition) is 6. The summed E-state index contributed by atoms with van der Waals surface area (Å²) in [6, 6.07) is 9.40. The molecule has 1 aromatic rings. The number of hydrogen-bond donors (Lipinski definition) is 5. The van der Waals surface area contributed by atoms with Crippen LogP contribution >= 0.6 is 0 Å². The monoisotopic (exact) mass is 296 g/mol. The molecule has 1 saturated heterocycles. The van der Waals surface area contributed by atoms with Gasteiger partial charge in [0.15, 0.2) is 6.23 Å². The van der Waals surface area contributed by atoms with Crippen LogP contribution in [0, 0.1) is 0 Å². The molecule has 0 saturated carbocycles. The predicted octanol–water partition coefficient (Wildman–Crippen LogP) is -1.61. The molecular weight excluding hydrogens is 276 g/mol. The van der Waals surface area contributed by atoms with Gasteiger partial charge in [-0.05, 0) is 5.56 Å². The number of ether oxygens (including phenoxy) is 1. The SMILES string of the molecule is NC(Cc1ccccc1)=NC1OC(CO)C(O)C(O)C1O. The van der Waals surface area contributed by atoms with Crippen LogP contribution < -0.4 is 5.73 Å². The van der Waals surface area contributed by atoms with Gasteiger partial charge in [-0.2, -0.15) is 0 Å². The van der Waals surface area contributed by atoms with Crippen LogP contribution in [-0.4, -0.2) is 63.5 Å². The largest absolute Gasteiger partial charge is 0.394 e. The summed E-state index contributed by atoms with van der Waals surface area (Å²) >= 11 is 0. The molecule has 1 aromatic carbocycles. The molecule has 0 aliphatic carbocycles. The quantitative estimate of drug-likeness (QED) is 0.336. The normalized spacial score (nSPS) is 33.9. The first-order valence-corrected chi connectivity index (χ1v) is 6.69. The molecule has 1 aliphatic rings. The zero-order valence-corrected chi connectivity index (χ0v) is 11.4. The minimum Gasteiger partial charge on any atom is -0.394 e. The number of nitrogens with zero attached hydrogens (tertiary/aromatic N) is 1. The molecule has 2 rings (SSSR count). The van der Waals surface area contributed by atoms with Gasteiger partial charge in [0, 0.05) is 6.42 Å². The first-order valence-electron chi connectivity index (χ1n) is 6.69. The van der Waals surface area contributed by atoms with E-state index in [1.165, 1.54) is 0 Å². The molecule has 21 heavy (non-hydrogen) atoms. The van der Waals surface area contributed by atoms with Gasteiger partial charge in [-0.1, -0.05) is 30.3 Å². The van der Waals surface area contributed by atoms with E-state index in [4.69, 9.17) is 15.6 Å². The number of rotatable bonds is 4. The second kappa shape index (κ2) is 6.97. The van der Waals surface area contributed by atoms with Crippen molar-refractivity contribution in [2.75, 3.05) is 6.61 Å². The van der Waals surface area contributed by atoms with Gasteiger partial charge < -0.3 is 30.9 Å². The topological polar surface area (TPSA) is 129 Å². The highest BCUT2D eigenvalue weighted by Crippen LogP contribution is 2.22. The van der Waals surface area contributed by atoms with Crippen molar-refractivity contribution < 1.29 is 25.2 Å². The summed E-state index contributed by atoms with van der Waals surface area (Å²) in [5.41, 5.74) is 6.77. The zero-order chi connectivity index (χ0) is 15.4. The first kappa shape index (κ1) is 15.9. The Balaban J connectivity index is 2.07. The lowest BCUT2D eigenvalue weighted by atomic mass is 9.98. The van der Waals surface area contributed by atoms with Crippen LogP contribution in [0.4, 0.5) is 0 Å². The average molecular weight is 296 g/mol. The molecule has 5 unspecified atom stereocenters. The fourth-order valence-electron chi connectivity index (χ4n) is 2.20. The summed E-state index contributed by atoms with van der Waals surface area (Å²) in [4.78, 5) is 4.04. The molecule has 0 radical (unpaired) electrons. The van der Waals surface area contributed by atoms with Gasteiger partial charge in [0.05, 0.1) is 6.61 Å². The maximum Gasteiger partial charge on any atom is 0.179 e. The van der Waals surface area contributed by atoms with Crippen molar-refractivity contribution in [2.24, 2.45) is 10.7 Å². The van der Waals surface area contributed by atoms with Crippen molar-refractivity contribution in [2.45, 2.75) is 37.1 Å². The summed E-state index contributed by atoms with van der Waals surface area (Å²) in [6.07, 6.45) is -5.99. The molecule has 5 atom stereocenters. The van der Waals surface area contributed by atoms with E-state index < -0.39 is 37.3 Å². The Morgan fingerprint density at radius 2 is 1.76 bits per heavy atom. The third kappa shape index (κ3) is 3.78. The molecule has 1 aliphatic heterocycles. The average Bonchev–Trinajstić information content (AvgIpc) is 2.49. The lowest BCUT2D eigenvalue weighted by Gasteiger charge is -2.38. The van der Waals surface area contributed by atoms with Crippen LogP contribution in [0.15, 0.2) is 35.3 Å². The number of amidine groups is 1. The molecule has 0 spiro atoms. The summed E-state index contributed by atoms with van der Waals surface area (Å²) in [5.74, 6) is 0.227. The predicted molar refractivity (Wildman–Crippen MR) is 75.5 cm³/mol. The van der Waals surface area contributed by atoms with Crippen LogP contribution in [0.2, 0.25) is 0 Å². The molecule has 0 amide bonds.